The topological polar surface area (TPSA) is 37.3 Å². The predicted molar refractivity (Wildman–Crippen MR) is 64.5 cm³/mol. The number of carbonyl (C=O) groups is 1. The van der Waals surface area contributed by atoms with E-state index in [2.05, 4.69) is 0 Å². The molecule has 2 nitrogen and oxygen atoms in total. The van der Waals surface area contributed by atoms with Crippen molar-refractivity contribution in [3.8, 4) is 0 Å². The Hall–Kier alpha value is -1.73. The molecule has 1 aromatic rings. The minimum absolute atomic E-state index is 0.186. The molecule has 122 valence electrons. The Kier molecular flexibility index (Phi) is 3.91. The second-order valence-corrected chi connectivity index (χ2v) is 5.49. The summed E-state index contributed by atoms with van der Waals surface area (Å²) in [5.41, 5.74) is -1.09. The van der Waals surface area contributed by atoms with Crippen molar-refractivity contribution in [2.24, 2.45) is 0 Å². The molecule has 0 saturated heterocycles. The summed E-state index contributed by atoms with van der Waals surface area (Å²) in [4.78, 5) is 10.8. The molecular weight excluding hydrogens is 314 g/mol. The van der Waals surface area contributed by atoms with Crippen LogP contribution in [0.15, 0.2) is 24.3 Å². The first-order chi connectivity index (χ1) is 9.96. The zero-order chi connectivity index (χ0) is 16.8. The Morgan fingerprint density at radius 1 is 1.05 bits per heavy atom. The summed E-state index contributed by atoms with van der Waals surface area (Å²) in [6, 6.07) is 3.89. The minimum atomic E-state index is -5.43. The van der Waals surface area contributed by atoms with Crippen LogP contribution in [0.2, 0.25) is 0 Å². The van der Waals surface area contributed by atoms with E-state index in [4.69, 9.17) is 5.11 Å². The van der Waals surface area contributed by atoms with E-state index in [1.54, 1.807) is 0 Å². The third-order valence-electron chi connectivity index (χ3n) is 3.85. The van der Waals surface area contributed by atoms with Gasteiger partial charge in [0.1, 0.15) is 0 Å². The molecule has 2 rings (SSSR count). The van der Waals surface area contributed by atoms with E-state index in [9.17, 15) is 31.1 Å². The second kappa shape index (κ2) is 5.17. The Bertz CT molecular complexity index is 540. The Morgan fingerprint density at radius 2 is 1.50 bits per heavy atom. The first-order valence-electron chi connectivity index (χ1n) is 6.41. The maximum absolute atomic E-state index is 12.6. The lowest BCUT2D eigenvalue weighted by Gasteiger charge is -2.24. The van der Waals surface area contributed by atoms with E-state index in [-0.39, 0.29) is 6.42 Å². The van der Waals surface area contributed by atoms with E-state index in [0.29, 0.717) is 18.4 Å². The molecule has 0 unspecified atom stereocenters. The average molecular weight is 326 g/mol. The summed E-state index contributed by atoms with van der Waals surface area (Å²) in [6.45, 7) is 0. The van der Waals surface area contributed by atoms with Crippen LogP contribution in [0.1, 0.15) is 36.3 Å². The SMILES string of the molecule is O=C(O)CC1(c2ccc(C(C(F)(F)F)C(F)(F)F)cc2)CC1. The van der Waals surface area contributed by atoms with Gasteiger partial charge in [-0.15, -0.1) is 0 Å². The van der Waals surface area contributed by atoms with Crippen LogP contribution in [-0.4, -0.2) is 23.4 Å². The number of benzene rings is 1. The van der Waals surface area contributed by atoms with Crippen LogP contribution in [0, 0.1) is 0 Å². The van der Waals surface area contributed by atoms with Crippen LogP contribution in [0.3, 0.4) is 0 Å². The summed E-state index contributed by atoms with van der Waals surface area (Å²) in [6.07, 6.45) is -9.94. The average Bonchev–Trinajstić information content (AvgIpc) is 3.06. The zero-order valence-corrected chi connectivity index (χ0v) is 11.1. The fraction of sp³-hybridized carbons (Fsp3) is 0.500. The highest BCUT2D eigenvalue weighted by Crippen LogP contribution is 2.52. The summed E-state index contributed by atoms with van der Waals surface area (Å²) in [5, 5.41) is 8.81. The standard InChI is InChI=1S/C14H12F6O2/c15-13(16,17)11(14(18,19)20)8-1-3-9(4-2-8)12(5-6-12)7-10(21)22/h1-4,11H,5-7H2,(H,21,22). The van der Waals surface area contributed by atoms with Gasteiger partial charge in [0.15, 0.2) is 5.92 Å². The largest absolute Gasteiger partial charge is 0.481 e. The molecule has 0 bridgehead atoms. The van der Waals surface area contributed by atoms with Crippen molar-refractivity contribution in [3.63, 3.8) is 0 Å². The van der Waals surface area contributed by atoms with Crippen molar-refractivity contribution in [2.75, 3.05) is 0 Å². The van der Waals surface area contributed by atoms with Gasteiger partial charge in [-0.1, -0.05) is 24.3 Å². The molecule has 0 aliphatic heterocycles. The molecule has 1 aromatic carbocycles. The molecule has 0 aromatic heterocycles. The molecule has 0 radical (unpaired) electrons. The van der Waals surface area contributed by atoms with Crippen molar-refractivity contribution in [2.45, 2.75) is 42.9 Å². The number of halogens is 6. The maximum Gasteiger partial charge on any atom is 0.404 e. The quantitative estimate of drug-likeness (QED) is 0.833. The van der Waals surface area contributed by atoms with Gasteiger partial charge in [0, 0.05) is 5.41 Å². The van der Waals surface area contributed by atoms with E-state index < -0.39 is 35.2 Å². The predicted octanol–water partition coefficient (Wildman–Crippen LogP) is 4.40. The number of rotatable bonds is 4. The van der Waals surface area contributed by atoms with Crippen LogP contribution in [0.4, 0.5) is 26.3 Å². The smallest absolute Gasteiger partial charge is 0.404 e. The third kappa shape index (κ3) is 3.36. The van der Waals surface area contributed by atoms with Gasteiger partial charge in [0.2, 0.25) is 0 Å². The van der Waals surface area contributed by atoms with Crippen molar-refractivity contribution < 1.29 is 36.2 Å². The molecule has 0 heterocycles. The minimum Gasteiger partial charge on any atom is -0.481 e. The van der Waals surface area contributed by atoms with Crippen molar-refractivity contribution >= 4 is 5.97 Å². The van der Waals surface area contributed by atoms with Crippen LogP contribution >= 0.6 is 0 Å². The Balaban J connectivity index is 2.30. The molecule has 1 aliphatic rings. The van der Waals surface area contributed by atoms with Gasteiger partial charge in [0.05, 0.1) is 6.42 Å². The lowest BCUT2D eigenvalue weighted by atomic mass is 9.89. The molecule has 1 aliphatic carbocycles. The number of hydrogen-bond acceptors (Lipinski definition) is 1. The molecule has 22 heavy (non-hydrogen) atoms. The van der Waals surface area contributed by atoms with Gasteiger partial charge >= 0.3 is 18.3 Å². The fourth-order valence-electron chi connectivity index (χ4n) is 2.60. The number of carboxylic acid groups (broad SMARTS) is 1. The summed E-state index contributed by atoms with van der Waals surface area (Å²) < 4.78 is 75.7. The van der Waals surface area contributed by atoms with Gasteiger partial charge in [-0.3, -0.25) is 4.79 Å². The summed E-state index contributed by atoms with van der Waals surface area (Å²) in [5.74, 6) is -4.59. The fourth-order valence-corrected chi connectivity index (χ4v) is 2.60. The number of carboxylic acids is 1. The van der Waals surface area contributed by atoms with Gasteiger partial charge in [0.25, 0.3) is 0 Å². The Morgan fingerprint density at radius 3 is 1.82 bits per heavy atom. The highest BCUT2D eigenvalue weighted by molar-refractivity contribution is 5.70. The Labute approximate surface area is 121 Å². The summed E-state index contributed by atoms with van der Waals surface area (Å²) in [7, 11) is 0. The van der Waals surface area contributed by atoms with E-state index in [0.717, 1.165) is 24.3 Å². The number of alkyl halides is 6. The monoisotopic (exact) mass is 326 g/mol. The van der Waals surface area contributed by atoms with Gasteiger partial charge in [-0.2, -0.15) is 26.3 Å². The zero-order valence-electron chi connectivity index (χ0n) is 11.1. The second-order valence-electron chi connectivity index (χ2n) is 5.49. The van der Waals surface area contributed by atoms with Crippen molar-refractivity contribution in [1.82, 2.24) is 0 Å². The van der Waals surface area contributed by atoms with E-state index in [1.165, 1.54) is 0 Å². The lowest BCUT2D eigenvalue weighted by molar-refractivity contribution is -0.253. The highest BCUT2D eigenvalue weighted by Gasteiger charge is 2.57. The van der Waals surface area contributed by atoms with Crippen molar-refractivity contribution in [1.29, 1.82) is 0 Å². The molecule has 0 atom stereocenters. The first kappa shape index (κ1) is 16.6. The number of aliphatic carboxylic acids is 1. The molecule has 0 spiro atoms. The van der Waals surface area contributed by atoms with E-state index in [1.807, 2.05) is 0 Å². The van der Waals surface area contributed by atoms with Crippen LogP contribution in [-0.2, 0) is 10.2 Å². The molecule has 1 fully saturated rings. The molecule has 8 heteroatoms. The van der Waals surface area contributed by atoms with E-state index >= 15 is 0 Å². The lowest BCUT2D eigenvalue weighted by Crippen LogP contribution is -2.34. The van der Waals surface area contributed by atoms with Gasteiger partial charge < -0.3 is 5.11 Å². The molecule has 0 amide bonds. The van der Waals surface area contributed by atoms with Crippen LogP contribution in [0.5, 0.6) is 0 Å². The van der Waals surface area contributed by atoms with Crippen molar-refractivity contribution in [3.05, 3.63) is 35.4 Å². The molecule has 1 saturated carbocycles. The molecular formula is C14H12F6O2. The van der Waals surface area contributed by atoms with Gasteiger partial charge in [-0.05, 0) is 24.0 Å². The first-order valence-corrected chi connectivity index (χ1v) is 6.41. The van der Waals surface area contributed by atoms with Crippen LogP contribution in [0.25, 0.3) is 0 Å². The third-order valence-corrected chi connectivity index (χ3v) is 3.85. The maximum atomic E-state index is 12.6. The summed E-state index contributed by atoms with van der Waals surface area (Å²) >= 11 is 0. The normalized spacial score (nSPS) is 17.6. The van der Waals surface area contributed by atoms with Gasteiger partial charge in [-0.25, -0.2) is 0 Å². The van der Waals surface area contributed by atoms with Crippen LogP contribution < -0.4 is 0 Å². The molecule has 1 N–H and O–H groups in total. The number of hydrogen-bond donors (Lipinski definition) is 1. The highest BCUT2D eigenvalue weighted by atomic mass is 19.4.